The first-order chi connectivity index (χ1) is 14.4. The number of halogens is 3. The first-order valence-corrected chi connectivity index (χ1v) is 11.1. The third kappa shape index (κ3) is 5.09. The highest BCUT2D eigenvalue weighted by Gasteiger charge is 2.37. The minimum absolute atomic E-state index is 0.00290. The van der Waals surface area contributed by atoms with Gasteiger partial charge in [0.1, 0.15) is 23.0 Å². The molecular formula is C18H24F3N5O4S. The second-order valence-corrected chi connectivity index (χ2v) is 9.51. The van der Waals surface area contributed by atoms with E-state index in [2.05, 4.69) is 10.1 Å². The molecule has 1 saturated heterocycles. The van der Waals surface area contributed by atoms with Gasteiger partial charge in [0.25, 0.3) is 0 Å². The lowest BCUT2D eigenvalue weighted by molar-refractivity contribution is -0.141. The van der Waals surface area contributed by atoms with Crippen molar-refractivity contribution in [1.82, 2.24) is 23.9 Å². The first-order valence-electron chi connectivity index (χ1n) is 9.65. The van der Waals surface area contributed by atoms with Gasteiger partial charge in [-0.05, 0) is 26.7 Å². The summed E-state index contributed by atoms with van der Waals surface area (Å²) in [6.07, 6.45) is -0.991. The van der Waals surface area contributed by atoms with E-state index in [9.17, 15) is 26.4 Å². The number of piperidine rings is 1. The Bertz CT molecular complexity index is 1030. The summed E-state index contributed by atoms with van der Waals surface area (Å²) in [5.74, 6) is -0.677. The third-order valence-corrected chi connectivity index (χ3v) is 7.32. The molecule has 1 unspecified atom stereocenters. The number of aryl methyl sites for hydroxylation is 2. The van der Waals surface area contributed by atoms with Crippen LogP contribution in [0, 0.1) is 19.8 Å². The van der Waals surface area contributed by atoms with Crippen LogP contribution >= 0.6 is 0 Å². The van der Waals surface area contributed by atoms with Crippen LogP contribution < -0.4 is 0 Å². The number of amides is 1. The van der Waals surface area contributed by atoms with E-state index >= 15 is 0 Å². The van der Waals surface area contributed by atoms with E-state index in [0.717, 1.165) is 4.57 Å². The molecule has 13 heteroatoms. The number of imidazole rings is 1. The Hall–Kier alpha value is -2.41. The van der Waals surface area contributed by atoms with Crippen molar-refractivity contribution in [1.29, 1.82) is 0 Å². The molecule has 1 aliphatic rings. The highest BCUT2D eigenvalue weighted by molar-refractivity contribution is 7.89. The van der Waals surface area contributed by atoms with Crippen LogP contribution in [0.5, 0.6) is 0 Å². The van der Waals surface area contributed by atoms with Crippen LogP contribution in [0.1, 0.15) is 30.1 Å². The van der Waals surface area contributed by atoms with Crippen LogP contribution in [0.2, 0.25) is 0 Å². The molecular weight excluding hydrogens is 439 g/mol. The normalized spacial score (nSPS) is 18.3. The highest BCUT2D eigenvalue weighted by atomic mass is 32.2. The van der Waals surface area contributed by atoms with Crippen molar-refractivity contribution in [3.63, 3.8) is 0 Å². The molecule has 172 valence electrons. The lowest BCUT2D eigenvalue weighted by atomic mass is 9.98. The fourth-order valence-corrected chi connectivity index (χ4v) is 5.58. The number of hydrogen-bond acceptors (Lipinski definition) is 6. The predicted molar refractivity (Wildman–Crippen MR) is 102 cm³/mol. The summed E-state index contributed by atoms with van der Waals surface area (Å²) in [7, 11) is -2.42. The largest absolute Gasteiger partial charge is 0.406 e. The van der Waals surface area contributed by atoms with Crippen LogP contribution in [0.25, 0.3) is 0 Å². The Morgan fingerprint density at radius 3 is 2.68 bits per heavy atom. The van der Waals surface area contributed by atoms with Gasteiger partial charge in [0, 0.05) is 32.5 Å². The summed E-state index contributed by atoms with van der Waals surface area (Å²) in [6.45, 7) is 1.97. The molecule has 1 aliphatic heterocycles. The van der Waals surface area contributed by atoms with Crippen molar-refractivity contribution in [3.05, 3.63) is 29.7 Å². The Morgan fingerprint density at radius 2 is 2.06 bits per heavy atom. The molecule has 0 aliphatic carbocycles. The Labute approximate surface area is 177 Å². The van der Waals surface area contributed by atoms with Gasteiger partial charge in [0.2, 0.25) is 15.9 Å². The summed E-state index contributed by atoms with van der Waals surface area (Å²) in [4.78, 5) is 18.1. The van der Waals surface area contributed by atoms with E-state index in [1.807, 2.05) is 0 Å². The number of carbonyl (C=O) groups excluding carboxylic acids is 1. The molecule has 0 spiro atoms. The third-order valence-electron chi connectivity index (χ3n) is 5.21. The molecule has 1 amide bonds. The van der Waals surface area contributed by atoms with Crippen molar-refractivity contribution in [2.75, 3.05) is 20.1 Å². The average Bonchev–Trinajstić information content (AvgIpc) is 3.25. The zero-order chi connectivity index (χ0) is 23.0. The van der Waals surface area contributed by atoms with Gasteiger partial charge >= 0.3 is 6.18 Å². The van der Waals surface area contributed by atoms with Crippen molar-refractivity contribution < 1.29 is 30.9 Å². The van der Waals surface area contributed by atoms with Crippen molar-refractivity contribution in [2.45, 2.75) is 50.9 Å². The smallest absolute Gasteiger partial charge is 0.360 e. The molecule has 0 radical (unpaired) electrons. The lowest BCUT2D eigenvalue weighted by Gasteiger charge is -2.33. The van der Waals surface area contributed by atoms with Crippen molar-refractivity contribution >= 4 is 15.9 Å². The maximum absolute atomic E-state index is 13.0. The van der Waals surface area contributed by atoms with E-state index in [1.54, 1.807) is 0 Å². The van der Waals surface area contributed by atoms with Crippen molar-refractivity contribution in [2.24, 2.45) is 5.92 Å². The van der Waals surface area contributed by atoms with E-state index in [4.69, 9.17) is 4.52 Å². The average molecular weight is 463 g/mol. The van der Waals surface area contributed by atoms with Gasteiger partial charge in [-0.25, -0.2) is 13.4 Å². The highest BCUT2D eigenvalue weighted by Crippen LogP contribution is 2.28. The molecule has 31 heavy (non-hydrogen) atoms. The SMILES string of the molecule is Cc1noc(C)c1S(=O)(=O)N1CCCC(C(=O)N(C)Cc2nccn2CC(F)(F)F)C1. The number of alkyl halides is 3. The van der Waals surface area contributed by atoms with Gasteiger partial charge < -0.3 is 14.0 Å². The Balaban J connectivity index is 1.71. The zero-order valence-electron chi connectivity index (χ0n) is 17.4. The van der Waals surface area contributed by atoms with E-state index in [1.165, 1.54) is 42.5 Å². The van der Waals surface area contributed by atoms with Crippen molar-refractivity contribution in [3.8, 4) is 0 Å². The Morgan fingerprint density at radius 1 is 1.35 bits per heavy atom. The summed E-state index contributed by atoms with van der Waals surface area (Å²) in [5.41, 5.74) is 0.250. The van der Waals surface area contributed by atoms with Crippen LogP contribution in [0.15, 0.2) is 21.8 Å². The second kappa shape index (κ2) is 8.61. The number of rotatable bonds is 6. The van der Waals surface area contributed by atoms with Gasteiger partial charge in [-0.1, -0.05) is 5.16 Å². The molecule has 3 heterocycles. The molecule has 2 aromatic heterocycles. The van der Waals surface area contributed by atoms with Gasteiger partial charge in [0.15, 0.2) is 5.76 Å². The van der Waals surface area contributed by atoms with E-state index < -0.39 is 28.7 Å². The predicted octanol–water partition coefficient (Wildman–Crippen LogP) is 2.11. The number of sulfonamides is 1. The molecule has 1 atom stereocenters. The number of hydrogen-bond donors (Lipinski definition) is 0. The maximum atomic E-state index is 13.0. The lowest BCUT2D eigenvalue weighted by Crippen LogP contribution is -2.46. The molecule has 3 rings (SSSR count). The summed E-state index contributed by atoms with van der Waals surface area (Å²) < 4.78 is 71.4. The molecule has 2 aromatic rings. The molecule has 0 N–H and O–H groups in total. The second-order valence-electron chi connectivity index (χ2n) is 7.64. The van der Waals surface area contributed by atoms with Gasteiger partial charge in [-0.15, -0.1) is 0 Å². The van der Waals surface area contributed by atoms with E-state index in [-0.39, 0.29) is 47.7 Å². The summed E-state index contributed by atoms with van der Waals surface area (Å²) >= 11 is 0. The van der Waals surface area contributed by atoms with Gasteiger partial charge in [-0.2, -0.15) is 17.5 Å². The minimum atomic E-state index is -4.41. The number of aromatic nitrogens is 3. The topological polar surface area (TPSA) is 102 Å². The fourth-order valence-electron chi connectivity index (χ4n) is 3.76. The Kier molecular flexibility index (Phi) is 6.46. The van der Waals surface area contributed by atoms with Crippen LogP contribution in [0.4, 0.5) is 13.2 Å². The summed E-state index contributed by atoms with van der Waals surface area (Å²) in [6, 6.07) is 0. The minimum Gasteiger partial charge on any atom is -0.360 e. The van der Waals surface area contributed by atoms with Gasteiger partial charge in [-0.3, -0.25) is 4.79 Å². The molecule has 9 nitrogen and oxygen atoms in total. The standard InChI is InChI=1S/C18H24F3N5O4S/c1-12-16(13(2)30-23-12)31(28,29)26-7-4-5-14(9-26)17(27)24(3)10-15-22-6-8-25(15)11-18(19,20)21/h6,8,14H,4-5,7,9-11H2,1-3H3. The molecule has 0 aromatic carbocycles. The number of nitrogens with zero attached hydrogens (tertiary/aromatic N) is 5. The van der Waals surface area contributed by atoms with Crippen LogP contribution in [-0.2, 0) is 27.9 Å². The molecule has 0 saturated carbocycles. The van der Waals surface area contributed by atoms with E-state index in [0.29, 0.717) is 12.8 Å². The molecule has 0 bridgehead atoms. The van der Waals surface area contributed by atoms with Crippen LogP contribution in [0.3, 0.4) is 0 Å². The fraction of sp³-hybridized carbons (Fsp3) is 0.611. The number of carbonyl (C=O) groups is 1. The van der Waals surface area contributed by atoms with Gasteiger partial charge in [0.05, 0.1) is 12.5 Å². The zero-order valence-corrected chi connectivity index (χ0v) is 18.2. The summed E-state index contributed by atoms with van der Waals surface area (Å²) in [5, 5.41) is 3.69. The molecule has 1 fully saturated rings. The monoisotopic (exact) mass is 463 g/mol. The maximum Gasteiger partial charge on any atom is 0.406 e. The first kappa shape index (κ1) is 23.3. The van der Waals surface area contributed by atoms with Crippen LogP contribution in [-0.4, -0.2) is 64.6 Å². The quantitative estimate of drug-likeness (QED) is 0.650.